The monoisotopic (exact) mass is 237 g/mol. The Kier molecular flexibility index (Phi) is 4.90. The van der Waals surface area contributed by atoms with Gasteiger partial charge in [0.2, 0.25) is 0 Å². The number of rotatable bonds is 3. The molecule has 2 unspecified atom stereocenters. The summed E-state index contributed by atoms with van der Waals surface area (Å²) in [6, 6.07) is 0.795. The predicted octanol–water partition coefficient (Wildman–Crippen LogP) is 4.23. The van der Waals surface area contributed by atoms with Gasteiger partial charge in [-0.15, -0.1) is 0 Å². The molecule has 100 valence electrons. The third-order valence-electron chi connectivity index (χ3n) is 5.32. The zero-order chi connectivity index (χ0) is 12.3. The summed E-state index contributed by atoms with van der Waals surface area (Å²) in [5.74, 6) is 3.73. The minimum Gasteiger partial charge on any atom is -0.313 e. The Balaban J connectivity index is 1.73. The maximum atomic E-state index is 3.91. The SMILES string of the molecule is CC1CCC(CNC2C(C)CCCC2C)CC1. The van der Waals surface area contributed by atoms with Gasteiger partial charge in [-0.05, 0) is 55.9 Å². The first-order valence-electron chi connectivity index (χ1n) is 7.90. The van der Waals surface area contributed by atoms with Gasteiger partial charge in [0.15, 0.2) is 0 Å². The zero-order valence-electron chi connectivity index (χ0n) is 12.0. The topological polar surface area (TPSA) is 12.0 Å². The van der Waals surface area contributed by atoms with Gasteiger partial charge in [0.1, 0.15) is 0 Å². The van der Waals surface area contributed by atoms with Gasteiger partial charge in [0.05, 0.1) is 0 Å². The Morgan fingerprint density at radius 1 is 0.824 bits per heavy atom. The molecule has 0 radical (unpaired) electrons. The van der Waals surface area contributed by atoms with Crippen LogP contribution in [0.1, 0.15) is 65.7 Å². The molecule has 2 saturated carbocycles. The van der Waals surface area contributed by atoms with Crippen LogP contribution in [-0.2, 0) is 0 Å². The molecule has 1 heteroatoms. The maximum Gasteiger partial charge on any atom is 0.0118 e. The van der Waals surface area contributed by atoms with Crippen molar-refractivity contribution < 1.29 is 0 Å². The highest BCUT2D eigenvalue weighted by molar-refractivity contribution is 4.84. The largest absolute Gasteiger partial charge is 0.313 e. The molecule has 1 N–H and O–H groups in total. The lowest BCUT2D eigenvalue weighted by molar-refractivity contribution is 0.188. The van der Waals surface area contributed by atoms with E-state index in [0.29, 0.717) is 0 Å². The summed E-state index contributed by atoms with van der Waals surface area (Å²) in [7, 11) is 0. The van der Waals surface area contributed by atoms with Crippen LogP contribution in [0.2, 0.25) is 0 Å². The van der Waals surface area contributed by atoms with Crippen molar-refractivity contribution >= 4 is 0 Å². The van der Waals surface area contributed by atoms with Crippen molar-refractivity contribution in [1.82, 2.24) is 5.32 Å². The molecular formula is C16H31N. The van der Waals surface area contributed by atoms with E-state index in [4.69, 9.17) is 0 Å². The molecule has 0 aliphatic heterocycles. The molecule has 1 nitrogen and oxygen atoms in total. The van der Waals surface area contributed by atoms with Crippen molar-refractivity contribution in [3.05, 3.63) is 0 Å². The van der Waals surface area contributed by atoms with Crippen LogP contribution in [0.15, 0.2) is 0 Å². The Bertz CT molecular complexity index is 208. The van der Waals surface area contributed by atoms with E-state index in [9.17, 15) is 0 Å². The van der Waals surface area contributed by atoms with E-state index in [2.05, 4.69) is 26.1 Å². The molecule has 2 rings (SSSR count). The first-order chi connectivity index (χ1) is 8.16. The van der Waals surface area contributed by atoms with Crippen LogP contribution in [0.4, 0.5) is 0 Å². The van der Waals surface area contributed by atoms with Crippen LogP contribution in [0.25, 0.3) is 0 Å². The molecule has 0 heterocycles. The summed E-state index contributed by atoms with van der Waals surface area (Å²) in [5, 5.41) is 3.91. The average Bonchev–Trinajstić information content (AvgIpc) is 2.31. The van der Waals surface area contributed by atoms with E-state index >= 15 is 0 Å². The van der Waals surface area contributed by atoms with Crippen molar-refractivity contribution in [2.45, 2.75) is 71.8 Å². The van der Waals surface area contributed by atoms with Gasteiger partial charge in [0.25, 0.3) is 0 Å². The third-order valence-corrected chi connectivity index (χ3v) is 5.32. The van der Waals surface area contributed by atoms with Gasteiger partial charge in [-0.3, -0.25) is 0 Å². The van der Waals surface area contributed by atoms with Crippen LogP contribution in [0.3, 0.4) is 0 Å². The van der Waals surface area contributed by atoms with Crippen molar-refractivity contribution in [1.29, 1.82) is 0 Å². The minimum atomic E-state index is 0.795. The maximum absolute atomic E-state index is 3.91. The molecule has 0 bridgehead atoms. The fraction of sp³-hybridized carbons (Fsp3) is 1.00. The number of hydrogen-bond donors (Lipinski definition) is 1. The fourth-order valence-corrected chi connectivity index (χ4v) is 3.92. The summed E-state index contributed by atoms with van der Waals surface area (Å²) in [6.07, 6.45) is 10.2. The van der Waals surface area contributed by atoms with Gasteiger partial charge >= 0.3 is 0 Å². The number of hydrogen-bond acceptors (Lipinski definition) is 1. The van der Waals surface area contributed by atoms with Crippen molar-refractivity contribution in [3.63, 3.8) is 0 Å². The predicted molar refractivity (Wildman–Crippen MR) is 75.1 cm³/mol. The molecule has 0 aromatic rings. The second kappa shape index (κ2) is 6.22. The second-order valence-electron chi connectivity index (χ2n) is 6.95. The molecule has 2 fully saturated rings. The van der Waals surface area contributed by atoms with Gasteiger partial charge in [-0.25, -0.2) is 0 Å². The fourth-order valence-electron chi connectivity index (χ4n) is 3.92. The highest BCUT2D eigenvalue weighted by Crippen LogP contribution is 2.31. The Hall–Kier alpha value is -0.0400. The Morgan fingerprint density at radius 3 is 2.00 bits per heavy atom. The smallest absolute Gasteiger partial charge is 0.0118 e. The van der Waals surface area contributed by atoms with E-state index in [0.717, 1.165) is 29.7 Å². The van der Waals surface area contributed by atoms with E-state index in [1.54, 1.807) is 0 Å². The lowest BCUT2D eigenvalue weighted by Crippen LogP contribution is -2.45. The van der Waals surface area contributed by atoms with E-state index in [1.165, 1.54) is 51.5 Å². The Morgan fingerprint density at radius 2 is 1.41 bits per heavy atom. The second-order valence-corrected chi connectivity index (χ2v) is 6.95. The van der Waals surface area contributed by atoms with Crippen LogP contribution in [-0.4, -0.2) is 12.6 Å². The average molecular weight is 237 g/mol. The van der Waals surface area contributed by atoms with E-state index in [-0.39, 0.29) is 0 Å². The minimum absolute atomic E-state index is 0.795. The highest BCUT2D eigenvalue weighted by atomic mass is 14.9. The van der Waals surface area contributed by atoms with Crippen molar-refractivity contribution in [2.75, 3.05) is 6.54 Å². The first-order valence-corrected chi connectivity index (χ1v) is 7.90. The van der Waals surface area contributed by atoms with E-state index in [1.807, 2.05) is 0 Å². The van der Waals surface area contributed by atoms with E-state index < -0.39 is 0 Å². The summed E-state index contributed by atoms with van der Waals surface area (Å²) < 4.78 is 0. The molecular weight excluding hydrogens is 206 g/mol. The lowest BCUT2D eigenvalue weighted by atomic mass is 9.78. The molecule has 0 amide bonds. The normalized spacial score (nSPS) is 43.6. The highest BCUT2D eigenvalue weighted by Gasteiger charge is 2.28. The summed E-state index contributed by atoms with van der Waals surface area (Å²) in [5.41, 5.74) is 0. The summed E-state index contributed by atoms with van der Waals surface area (Å²) in [6.45, 7) is 8.58. The first kappa shape index (κ1) is 13.4. The van der Waals surface area contributed by atoms with Crippen LogP contribution < -0.4 is 5.32 Å². The number of nitrogens with one attached hydrogen (secondary N) is 1. The zero-order valence-corrected chi connectivity index (χ0v) is 12.0. The standard InChI is InChI=1S/C16H31N/c1-12-7-9-15(10-8-12)11-17-16-13(2)5-4-6-14(16)3/h12-17H,4-11H2,1-3H3. The summed E-state index contributed by atoms with van der Waals surface area (Å²) in [4.78, 5) is 0. The lowest BCUT2D eigenvalue weighted by Gasteiger charge is -2.37. The van der Waals surface area contributed by atoms with Crippen LogP contribution >= 0.6 is 0 Å². The van der Waals surface area contributed by atoms with Crippen molar-refractivity contribution in [3.8, 4) is 0 Å². The summed E-state index contributed by atoms with van der Waals surface area (Å²) >= 11 is 0. The molecule has 0 spiro atoms. The molecule has 0 aromatic heterocycles. The van der Waals surface area contributed by atoms with Gasteiger partial charge in [-0.2, -0.15) is 0 Å². The third kappa shape index (κ3) is 3.71. The molecule has 17 heavy (non-hydrogen) atoms. The van der Waals surface area contributed by atoms with Crippen LogP contribution in [0.5, 0.6) is 0 Å². The Labute approximate surface area is 108 Å². The van der Waals surface area contributed by atoms with Crippen molar-refractivity contribution in [2.24, 2.45) is 23.7 Å². The van der Waals surface area contributed by atoms with Gasteiger partial charge in [0, 0.05) is 6.04 Å². The molecule has 2 aliphatic carbocycles. The van der Waals surface area contributed by atoms with Gasteiger partial charge in [-0.1, -0.05) is 40.0 Å². The van der Waals surface area contributed by atoms with Gasteiger partial charge < -0.3 is 5.32 Å². The molecule has 2 aliphatic rings. The molecule has 0 aromatic carbocycles. The molecule has 0 saturated heterocycles. The molecule has 2 atom stereocenters. The quantitative estimate of drug-likeness (QED) is 0.774. The van der Waals surface area contributed by atoms with Crippen LogP contribution in [0, 0.1) is 23.7 Å².